The van der Waals surface area contributed by atoms with Crippen molar-refractivity contribution < 1.29 is 19.1 Å². The zero-order chi connectivity index (χ0) is 28.2. The van der Waals surface area contributed by atoms with E-state index in [1.807, 2.05) is 9.80 Å². The lowest BCUT2D eigenvalue weighted by molar-refractivity contribution is 0.101. The van der Waals surface area contributed by atoms with Crippen molar-refractivity contribution in [3.05, 3.63) is 42.1 Å². The van der Waals surface area contributed by atoms with Gasteiger partial charge in [0.25, 0.3) is 5.91 Å². The van der Waals surface area contributed by atoms with Crippen LogP contribution in [-0.4, -0.2) is 94.8 Å². The van der Waals surface area contributed by atoms with Crippen LogP contribution in [0.2, 0.25) is 0 Å². The maximum Gasteiger partial charge on any atom is 0.407 e. The Morgan fingerprint density at radius 3 is 2.55 bits per heavy atom. The first-order valence-corrected chi connectivity index (χ1v) is 13.3. The first-order chi connectivity index (χ1) is 19.4. The summed E-state index contributed by atoms with van der Waals surface area (Å²) in [6.07, 6.45) is 2.30. The molecule has 13 nitrogen and oxygen atoms in total. The molecule has 2 aromatic heterocycles. The number of aromatic amines is 1. The molecule has 0 atom stereocenters. The highest BCUT2D eigenvalue weighted by molar-refractivity contribution is 6.04. The van der Waals surface area contributed by atoms with E-state index in [-0.39, 0.29) is 5.82 Å². The van der Waals surface area contributed by atoms with Gasteiger partial charge in [0.15, 0.2) is 5.82 Å². The van der Waals surface area contributed by atoms with Crippen molar-refractivity contribution in [1.29, 1.82) is 0 Å². The molecule has 2 aliphatic rings. The average Bonchev–Trinajstić information content (AvgIpc) is 3.48. The first-order valence-electron chi connectivity index (χ1n) is 13.3. The van der Waals surface area contributed by atoms with Crippen LogP contribution in [0.5, 0.6) is 0 Å². The molecule has 0 spiro atoms. The molecule has 6 N–H and O–H groups in total. The summed E-state index contributed by atoms with van der Waals surface area (Å²) in [5.41, 5.74) is 7.54. The lowest BCUT2D eigenvalue weighted by Crippen LogP contribution is -2.48. The summed E-state index contributed by atoms with van der Waals surface area (Å²) in [6.45, 7) is 3.64. The van der Waals surface area contributed by atoms with Gasteiger partial charge in [0, 0.05) is 52.4 Å². The molecule has 212 valence electrons. The van der Waals surface area contributed by atoms with Crippen LogP contribution in [0, 0.1) is 11.7 Å². The quantitative estimate of drug-likeness (QED) is 0.293. The minimum atomic E-state index is -0.941. The van der Waals surface area contributed by atoms with E-state index in [1.165, 1.54) is 17.2 Å². The minimum Gasteiger partial charge on any atom is -0.465 e. The molecular formula is C26H33FN10O3. The Labute approximate surface area is 230 Å². The van der Waals surface area contributed by atoms with E-state index in [0.29, 0.717) is 86.3 Å². The molecule has 2 fully saturated rings. The molecule has 2 saturated heterocycles. The third-order valence-corrected chi connectivity index (χ3v) is 7.38. The van der Waals surface area contributed by atoms with E-state index in [4.69, 9.17) is 5.73 Å². The van der Waals surface area contributed by atoms with Gasteiger partial charge in [0.2, 0.25) is 5.95 Å². The summed E-state index contributed by atoms with van der Waals surface area (Å²) in [5, 5.41) is 15.0. The molecule has 2 amide bonds. The number of anilines is 4. The van der Waals surface area contributed by atoms with Gasteiger partial charge in [-0.3, -0.25) is 4.79 Å². The van der Waals surface area contributed by atoms with Crippen LogP contribution in [0.15, 0.2) is 30.5 Å². The molecule has 5 rings (SSSR count). The summed E-state index contributed by atoms with van der Waals surface area (Å²) in [5.74, 6) is 0.555. The molecule has 1 aromatic carbocycles. The molecule has 0 saturated carbocycles. The highest BCUT2D eigenvalue weighted by Crippen LogP contribution is 2.33. The molecule has 3 aromatic rings. The Hall–Kier alpha value is -4.46. The number of carbonyl (C=O) groups excluding carboxylic acids is 1. The van der Waals surface area contributed by atoms with Gasteiger partial charge >= 0.3 is 6.09 Å². The van der Waals surface area contributed by atoms with E-state index in [2.05, 4.69) is 30.6 Å². The monoisotopic (exact) mass is 552 g/mol. The van der Waals surface area contributed by atoms with E-state index in [9.17, 15) is 19.1 Å². The third-order valence-electron chi connectivity index (χ3n) is 7.38. The maximum atomic E-state index is 14.9. The number of aromatic nitrogens is 4. The molecular weight excluding hydrogens is 519 g/mol. The highest BCUT2D eigenvalue weighted by Gasteiger charge is 2.25. The molecule has 0 bridgehead atoms. The van der Waals surface area contributed by atoms with Crippen molar-refractivity contribution in [2.75, 3.05) is 73.3 Å². The average molecular weight is 553 g/mol. The lowest BCUT2D eigenvalue weighted by Gasteiger charge is -2.34. The molecule has 40 heavy (non-hydrogen) atoms. The van der Waals surface area contributed by atoms with Crippen LogP contribution < -0.4 is 26.2 Å². The van der Waals surface area contributed by atoms with Crippen LogP contribution in [0.3, 0.4) is 0 Å². The summed E-state index contributed by atoms with van der Waals surface area (Å²) < 4.78 is 14.9. The number of piperazine rings is 1. The molecule has 4 heterocycles. The van der Waals surface area contributed by atoms with Gasteiger partial charge in [-0.2, -0.15) is 4.98 Å². The van der Waals surface area contributed by atoms with Crippen LogP contribution in [0.1, 0.15) is 23.5 Å². The second kappa shape index (κ2) is 11.7. The van der Waals surface area contributed by atoms with Crippen molar-refractivity contribution in [3.63, 3.8) is 0 Å². The van der Waals surface area contributed by atoms with Crippen LogP contribution in [0.4, 0.5) is 32.3 Å². The first kappa shape index (κ1) is 27.1. The van der Waals surface area contributed by atoms with Gasteiger partial charge in [-0.15, -0.1) is 0 Å². The van der Waals surface area contributed by atoms with Crippen LogP contribution in [-0.2, 0) is 0 Å². The largest absolute Gasteiger partial charge is 0.465 e. The number of imidazole rings is 1. The van der Waals surface area contributed by atoms with E-state index < -0.39 is 17.8 Å². The number of carboxylic acid groups (broad SMARTS) is 1. The summed E-state index contributed by atoms with van der Waals surface area (Å²) in [4.78, 5) is 46.0. The summed E-state index contributed by atoms with van der Waals surface area (Å²) in [6, 6.07) is 6.39. The number of halogens is 1. The Bertz CT molecular complexity index is 1370. The third kappa shape index (κ3) is 5.76. The number of amides is 2. The molecule has 0 radical (unpaired) electrons. The smallest absolute Gasteiger partial charge is 0.407 e. The van der Waals surface area contributed by atoms with Gasteiger partial charge < -0.3 is 41.2 Å². The van der Waals surface area contributed by atoms with Gasteiger partial charge in [-0.1, -0.05) is 6.07 Å². The van der Waals surface area contributed by atoms with Crippen molar-refractivity contribution in [1.82, 2.24) is 24.8 Å². The molecule has 14 heteroatoms. The Balaban J connectivity index is 1.33. The van der Waals surface area contributed by atoms with Gasteiger partial charge in [0.05, 0.1) is 29.0 Å². The molecule has 0 unspecified atom stereocenters. The normalized spacial score (nSPS) is 16.2. The van der Waals surface area contributed by atoms with Crippen molar-refractivity contribution in [3.8, 4) is 11.4 Å². The molecule has 2 aliphatic heterocycles. The highest BCUT2D eigenvalue weighted by atomic mass is 19.1. The summed E-state index contributed by atoms with van der Waals surface area (Å²) in [7, 11) is 1.70. The predicted molar refractivity (Wildman–Crippen MR) is 149 cm³/mol. The van der Waals surface area contributed by atoms with E-state index in [1.54, 1.807) is 25.2 Å². The number of carbonyl (C=O) groups is 2. The second-order valence-electron chi connectivity index (χ2n) is 9.84. The number of hydrogen-bond acceptors (Lipinski definition) is 9. The van der Waals surface area contributed by atoms with Crippen molar-refractivity contribution >= 4 is 35.1 Å². The van der Waals surface area contributed by atoms with Gasteiger partial charge in [-0.25, -0.2) is 19.2 Å². The van der Waals surface area contributed by atoms with Crippen LogP contribution in [0.25, 0.3) is 11.4 Å². The van der Waals surface area contributed by atoms with E-state index >= 15 is 0 Å². The Morgan fingerprint density at radius 1 is 1.12 bits per heavy atom. The Morgan fingerprint density at radius 2 is 1.88 bits per heavy atom. The maximum absolute atomic E-state index is 14.9. The van der Waals surface area contributed by atoms with Crippen LogP contribution >= 0.6 is 0 Å². The zero-order valence-corrected chi connectivity index (χ0v) is 22.2. The second-order valence-corrected chi connectivity index (χ2v) is 9.84. The standard InChI is InChI=1S/C26H33FN10O3/c1-29-25-33-19(13-21(34-25)35-9-11-37(12-10-35)26(39)40)20-15-30-23(31-20)24(38)32-18-4-2-3-17(27)22(18)36-7-5-16(14-28)6-8-36/h2-4,13,15-16H,5-12,14,28H2,1H3,(H,30,31)(H,32,38)(H,39,40)(H,29,33,34). The topological polar surface area (TPSA) is 169 Å². The number of para-hydroxylation sites is 1. The minimum absolute atomic E-state index is 0.0493. The van der Waals surface area contributed by atoms with Gasteiger partial charge in [0.1, 0.15) is 11.6 Å². The Kier molecular flexibility index (Phi) is 7.96. The number of nitrogens with one attached hydrogen (secondary N) is 3. The van der Waals surface area contributed by atoms with Crippen molar-refractivity contribution in [2.24, 2.45) is 11.7 Å². The molecule has 0 aliphatic carbocycles. The fraction of sp³-hybridized carbons (Fsp3) is 0.423. The number of benzene rings is 1. The lowest BCUT2D eigenvalue weighted by atomic mass is 9.96. The number of hydrogen-bond donors (Lipinski definition) is 5. The number of nitrogens with zero attached hydrogens (tertiary/aromatic N) is 6. The van der Waals surface area contributed by atoms with Gasteiger partial charge in [-0.05, 0) is 37.4 Å². The number of H-pyrrole nitrogens is 1. The fourth-order valence-corrected chi connectivity index (χ4v) is 5.05. The number of nitrogens with two attached hydrogens (primary N) is 1. The SMILES string of the molecule is CNc1nc(-c2cnc(C(=O)Nc3cccc(F)c3N3CCC(CN)CC3)[nH]2)cc(N2CCN(C(=O)O)CC2)n1. The fourth-order valence-electron chi connectivity index (χ4n) is 5.05. The number of piperidine rings is 1. The van der Waals surface area contributed by atoms with E-state index in [0.717, 1.165) is 12.8 Å². The van der Waals surface area contributed by atoms with Crippen molar-refractivity contribution in [2.45, 2.75) is 12.8 Å². The predicted octanol–water partition coefficient (Wildman–Crippen LogP) is 2.27. The number of rotatable bonds is 7. The zero-order valence-electron chi connectivity index (χ0n) is 22.2. The summed E-state index contributed by atoms with van der Waals surface area (Å²) >= 11 is 0.